The topological polar surface area (TPSA) is 76.1 Å². The van der Waals surface area contributed by atoms with E-state index >= 15 is 0 Å². The highest BCUT2D eigenvalue weighted by molar-refractivity contribution is 6.04. The third-order valence-corrected chi connectivity index (χ3v) is 3.90. The fourth-order valence-electron chi connectivity index (χ4n) is 2.58. The Morgan fingerprint density at radius 3 is 2.58 bits per heavy atom. The fourth-order valence-corrected chi connectivity index (χ4v) is 2.58. The minimum atomic E-state index is -0.333. The van der Waals surface area contributed by atoms with Crippen molar-refractivity contribution in [2.45, 2.75) is 13.8 Å². The molecule has 0 saturated carbocycles. The van der Waals surface area contributed by atoms with Crippen LogP contribution in [0.2, 0.25) is 0 Å². The summed E-state index contributed by atoms with van der Waals surface area (Å²) in [6.45, 7) is 4.06. The Bertz CT molecular complexity index is 941. The highest BCUT2D eigenvalue weighted by atomic mass is 16.5. The Morgan fingerprint density at radius 1 is 1.00 bits per heavy atom. The molecule has 0 saturated heterocycles. The number of benzene rings is 2. The molecule has 0 aliphatic rings. The summed E-state index contributed by atoms with van der Waals surface area (Å²) in [5.41, 5.74) is 4.07. The van der Waals surface area contributed by atoms with E-state index in [1.54, 1.807) is 25.3 Å². The third-order valence-electron chi connectivity index (χ3n) is 3.90. The van der Waals surface area contributed by atoms with Crippen LogP contribution in [0.5, 0.6) is 5.75 Å². The summed E-state index contributed by atoms with van der Waals surface area (Å²) in [6, 6.07) is 14.9. The van der Waals surface area contributed by atoms with E-state index in [2.05, 4.69) is 26.7 Å². The molecule has 0 fully saturated rings. The summed E-state index contributed by atoms with van der Waals surface area (Å²) >= 11 is 0. The van der Waals surface area contributed by atoms with E-state index in [9.17, 15) is 4.79 Å². The number of hydrogen-bond donors (Lipinski definition) is 2. The molecular formula is C20H20N4O2. The fraction of sp³-hybridized carbons (Fsp3) is 0.150. The molecule has 0 unspecified atom stereocenters. The van der Waals surface area contributed by atoms with Crippen LogP contribution in [0.25, 0.3) is 0 Å². The van der Waals surface area contributed by atoms with Crippen LogP contribution in [-0.4, -0.2) is 23.0 Å². The van der Waals surface area contributed by atoms with Crippen molar-refractivity contribution in [2.75, 3.05) is 17.7 Å². The monoisotopic (exact) mass is 348 g/mol. The summed E-state index contributed by atoms with van der Waals surface area (Å²) in [7, 11) is 1.56. The molecule has 1 aromatic heterocycles. The zero-order valence-corrected chi connectivity index (χ0v) is 14.9. The maximum absolute atomic E-state index is 12.5. The second-order valence-electron chi connectivity index (χ2n) is 5.89. The van der Waals surface area contributed by atoms with Gasteiger partial charge in [0, 0.05) is 11.8 Å². The molecule has 0 aliphatic heterocycles. The van der Waals surface area contributed by atoms with E-state index in [-0.39, 0.29) is 11.6 Å². The molecule has 2 N–H and O–H groups in total. The summed E-state index contributed by atoms with van der Waals surface area (Å²) in [5.74, 6) is 0.807. The average molecular weight is 348 g/mol. The summed E-state index contributed by atoms with van der Waals surface area (Å²) in [4.78, 5) is 20.8. The van der Waals surface area contributed by atoms with Gasteiger partial charge in [-0.3, -0.25) is 4.79 Å². The maximum atomic E-state index is 12.5. The van der Waals surface area contributed by atoms with Crippen molar-refractivity contribution in [2.24, 2.45) is 0 Å². The van der Waals surface area contributed by atoms with Crippen molar-refractivity contribution < 1.29 is 9.53 Å². The first kappa shape index (κ1) is 17.4. The molecule has 2 aromatic carbocycles. The van der Waals surface area contributed by atoms with Gasteiger partial charge in [-0.1, -0.05) is 29.8 Å². The number of nitrogens with one attached hydrogen (secondary N) is 2. The second kappa shape index (κ2) is 7.65. The number of hydrogen-bond acceptors (Lipinski definition) is 5. The van der Waals surface area contributed by atoms with Crippen molar-refractivity contribution in [1.82, 2.24) is 9.97 Å². The zero-order valence-electron chi connectivity index (χ0n) is 14.9. The summed E-state index contributed by atoms with van der Waals surface area (Å²) in [6.07, 6.45) is 1.36. The van der Waals surface area contributed by atoms with Gasteiger partial charge in [0.2, 0.25) is 0 Å². The van der Waals surface area contributed by atoms with E-state index in [0.29, 0.717) is 17.3 Å². The Morgan fingerprint density at radius 2 is 1.81 bits per heavy atom. The highest BCUT2D eigenvalue weighted by Crippen LogP contribution is 2.24. The molecule has 26 heavy (non-hydrogen) atoms. The van der Waals surface area contributed by atoms with E-state index in [1.807, 2.05) is 38.1 Å². The van der Waals surface area contributed by atoms with Gasteiger partial charge in [0.05, 0.1) is 12.8 Å². The van der Waals surface area contributed by atoms with Crippen LogP contribution < -0.4 is 15.4 Å². The minimum absolute atomic E-state index is 0.262. The predicted octanol–water partition coefficient (Wildman–Crippen LogP) is 4.10. The molecule has 0 bridgehead atoms. The summed E-state index contributed by atoms with van der Waals surface area (Å²) in [5, 5.41) is 6.03. The van der Waals surface area contributed by atoms with Gasteiger partial charge >= 0.3 is 0 Å². The number of aromatic nitrogens is 2. The van der Waals surface area contributed by atoms with E-state index in [0.717, 1.165) is 11.3 Å². The van der Waals surface area contributed by atoms with Crippen molar-refractivity contribution in [3.63, 3.8) is 0 Å². The predicted molar refractivity (Wildman–Crippen MR) is 102 cm³/mol. The number of amides is 1. The van der Waals surface area contributed by atoms with Gasteiger partial charge in [-0.2, -0.15) is 0 Å². The van der Waals surface area contributed by atoms with Gasteiger partial charge in [-0.15, -0.1) is 0 Å². The Kier molecular flexibility index (Phi) is 5.12. The first-order valence-corrected chi connectivity index (χ1v) is 8.17. The van der Waals surface area contributed by atoms with Gasteiger partial charge in [0.1, 0.15) is 23.6 Å². The molecule has 3 rings (SSSR count). The van der Waals surface area contributed by atoms with Crippen LogP contribution in [0.4, 0.5) is 17.2 Å². The quantitative estimate of drug-likeness (QED) is 0.726. The standard InChI is InChI=1S/C20H20N4O2/c1-13-8-9-15(14(2)10-13)23-19-11-17(21-12-22-19)20(25)24-16-6-4-5-7-18(16)26-3/h4-12H,1-3H3,(H,24,25)(H,21,22,23). The molecule has 0 atom stereocenters. The second-order valence-corrected chi connectivity index (χ2v) is 5.89. The molecule has 6 heteroatoms. The van der Waals surface area contributed by atoms with Crippen molar-refractivity contribution in [3.8, 4) is 5.75 Å². The van der Waals surface area contributed by atoms with Crippen LogP contribution in [0, 0.1) is 13.8 Å². The van der Waals surface area contributed by atoms with Gasteiger partial charge in [-0.05, 0) is 37.6 Å². The van der Waals surface area contributed by atoms with Gasteiger partial charge in [-0.25, -0.2) is 9.97 Å². The number of aryl methyl sites for hydroxylation is 2. The molecule has 6 nitrogen and oxygen atoms in total. The Labute approximate surface area is 152 Å². The van der Waals surface area contributed by atoms with Crippen LogP contribution in [0.15, 0.2) is 54.9 Å². The lowest BCUT2D eigenvalue weighted by Gasteiger charge is -2.11. The van der Waals surface area contributed by atoms with Crippen LogP contribution in [0.3, 0.4) is 0 Å². The SMILES string of the molecule is COc1ccccc1NC(=O)c1cc(Nc2ccc(C)cc2C)ncn1. The number of carbonyl (C=O) groups is 1. The number of methoxy groups -OCH3 is 1. The van der Waals surface area contributed by atoms with Gasteiger partial charge in [0.15, 0.2) is 0 Å². The van der Waals surface area contributed by atoms with Crippen molar-refractivity contribution >= 4 is 23.1 Å². The van der Waals surface area contributed by atoms with Gasteiger partial charge in [0.25, 0.3) is 5.91 Å². The zero-order chi connectivity index (χ0) is 18.5. The smallest absolute Gasteiger partial charge is 0.274 e. The molecule has 0 radical (unpaired) electrons. The van der Waals surface area contributed by atoms with E-state index < -0.39 is 0 Å². The van der Waals surface area contributed by atoms with Crippen molar-refractivity contribution in [1.29, 1.82) is 0 Å². The van der Waals surface area contributed by atoms with Crippen LogP contribution >= 0.6 is 0 Å². The maximum Gasteiger partial charge on any atom is 0.274 e. The number of anilines is 3. The molecule has 0 aliphatic carbocycles. The minimum Gasteiger partial charge on any atom is -0.495 e. The normalized spacial score (nSPS) is 10.3. The molecule has 0 spiro atoms. The molecular weight excluding hydrogens is 328 g/mol. The van der Waals surface area contributed by atoms with Crippen LogP contribution in [0.1, 0.15) is 21.6 Å². The van der Waals surface area contributed by atoms with Gasteiger partial charge < -0.3 is 15.4 Å². The number of para-hydroxylation sites is 2. The summed E-state index contributed by atoms with van der Waals surface area (Å²) < 4.78 is 5.25. The lowest BCUT2D eigenvalue weighted by Crippen LogP contribution is -2.15. The average Bonchev–Trinajstić information content (AvgIpc) is 2.65. The largest absolute Gasteiger partial charge is 0.495 e. The molecule has 132 valence electrons. The van der Waals surface area contributed by atoms with E-state index in [1.165, 1.54) is 11.9 Å². The highest BCUT2D eigenvalue weighted by Gasteiger charge is 2.12. The molecule has 1 heterocycles. The number of carbonyl (C=O) groups excluding carboxylic acids is 1. The first-order valence-electron chi connectivity index (χ1n) is 8.17. The van der Waals surface area contributed by atoms with Crippen molar-refractivity contribution in [3.05, 3.63) is 71.7 Å². The Hall–Kier alpha value is -3.41. The van der Waals surface area contributed by atoms with E-state index in [4.69, 9.17) is 4.74 Å². The van der Waals surface area contributed by atoms with Crippen LogP contribution in [-0.2, 0) is 0 Å². The number of nitrogens with zero attached hydrogens (tertiary/aromatic N) is 2. The number of rotatable bonds is 5. The number of ether oxygens (including phenoxy) is 1. The first-order chi connectivity index (χ1) is 12.6. The lowest BCUT2D eigenvalue weighted by atomic mass is 10.1. The molecule has 3 aromatic rings. The Balaban J connectivity index is 1.79. The third kappa shape index (κ3) is 3.97. The molecule has 1 amide bonds. The lowest BCUT2D eigenvalue weighted by molar-refractivity contribution is 0.102.